The molecule has 0 aliphatic heterocycles. The predicted octanol–water partition coefficient (Wildman–Crippen LogP) is 0.734. The lowest BCUT2D eigenvalue weighted by atomic mass is 10.2. The molecular formula is C12H14N6OS. The summed E-state index contributed by atoms with van der Waals surface area (Å²) in [4.78, 5) is 20.4. The summed E-state index contributed by atoms with van der Waals surface area (Å²) in [6.07, 6.45) is 0. The van der Waals surface area contributed by atoms with E-state index in [0.29, 0.717) is 21.3 Å². The summed E-state index contributed by atoms with van der Waals surface area (Å²) in [6, 6.07) is 6.44. The number of amides is 1. The number of nitrogens with zero attached hydrogens (tertiary/aromatic N) is 2. The monoisotopic (exact) mass is 290 g/mol. The van der Waals surface area contributed by atoms with E-state index in [2.05, 4.69) is 15.3 Å². The zero-order valence-electron chi connectivity index (χ0n) is 10.8. The van der Waals surface area contributed by atoms with Crippen LogP contribution in [-0.2, 0) is 0 Å². The molecule has 0 aliphatic carbocycles. The number of nitrogens with one attached hydrogen (secondary N) is 1. The minimum atomic E-state index is -0.195. The van der Waals surface area contributed by atoms with Gasteiger partial charge in [-0.2, -0.15) is 0 Å². The van der Waals surface area contributed by atoms with E-state index in [1.807, 2.05) is 0 Å². The largest absolute Gasteiger partial charge is 0.398 e. The summed E-state index contributed by atoms with van der Waals surface area (Å²) in [7, 11) is 1.56. The molecular weight excluding hydrogens is 276 g/mol. The Labute approximate surface area is 120 Å². The smallest absolute Gasteiger partial charge is 0.251 e. The van der Waals surface area contributed by atoms with Crippen LogP contribution in [0.15, 0.2) is 34.3 Å². The van der Waals surface area contributed by atoms with Gasteiger partial charge in [0.2, 0.25) is 0 Å². The van der Waals surface area contributed by atoms with Gasteiger partial charge in [0.05, 0.1) is 0 Å². The predicted molar refractivity (Wildman–Crippen MR) is 79.2 cm³/mol. The summed E-state index contributed by atoms with van der Waals surface area (Å²) in [5, 5.41) is 2.93. The quantitative estimate of drug-likeness (QED) is 0.484. The Hall–Kier alpha value is -2.48. The van der Waals surface area contributed by atoms with E-state index in [0.717, 1.165) is 0 Å². The minimum absolute atomic E-state index is 0.195. The number of carbonyl (C=O) groups excluding carboxylic acids is 1. The first-order valence-electron chi connectivity index (χ1n) is 5.69. The molecule has 8 heteroatoms. The van der Waals surface area contributed by atoms with Crippen molar-refractivity contribution >= 4 is 35.0 Å². The van der Waals surface area contributed by atoms with Gasteiger partial charge in [0, 0.05) is 29.3 Å². The third-order valence-electron chi connectivity index (χ3n) is 2.45. The van der Waals surface area contributed by atoms with E-state index in [-0.39, 0.29) is 17.5 Å². The fourth-order valence-electron chi connectivity index (χ4n) is 1.51. The third-order valence-corrected chi connectivity index (χ3v) is 3.39. The summed E-state index contributed by atoms with van der Waals surface area (Å²) >= 11 is 1.20. The number of carbonyl (C=O) groups is 1. The molecule has 0 spiro atoms. The SMILES string of the molecule is CNC(=O)c1ccc(N)c(Sc2nc(N)cc(N)n2)c1. The van der Waals surface area contributed by atoms with Crippen molar-refractivity contribution in [2.24, 2.45) is 0 Å². The Morgan fingerprint density at radius 1 is 1.15 bits per heavy atom. The first-order chi connectivity index (χ1) is 9.49. The van der Waals surface area contributed by atoms with Gasteiger partial charge in [-0.1, -0.05) is 0 Å². The highest BCUT2D eigenvalue weighted by Gasteiger charge is 2.10. The van der Waals surface area contributed by atoms with Crippen LogP contribution in [0.2, 0.25) is 0 Å². The van der Waals surface area contributed by atoms with Crippen LogP contribution >= 0.6 is 11.8 Å². The average molecular weight is 290 g/mol. The number of hydrogen-bond donors (Lipinski definition) is 4. The van der Waals surface area contributed by atoms with Crippen LogP contribution in [-0.4, -0.2) is 22.9 Å². The van der Waals surface area contributed by atoms with Crippen LogP contribution in [0.25, 0.3) is 0 Å². The molecule has 0 aliphatic rings. The van der Waals surface area contributed by atoms with Gasteiger partial charge in [-0.05, 0) is 30.0 Å². The van der Waals surface area contributed by atoms with E-state index < -0.39 is 0 Å². The van der Waals surface area contributed by atoms with E-state index >= 15 is 0 Å². The van der Waals surface area contributed by atoms with E-state index in [1.54, 1.807) is 25.2 Å². The Morgan fingerprint density at radius 2 is 1.80 bits per heavy atom. The van der Waals surface area contributed by atoms with E-state index in [1.165, 1.54) is 17.8 Å². The molecule has 0 saturated carbocycles. The maximum Gasteiger partial charge on any atom is 0.251 e. The van der Waals surface area contributed by atoms with Gasteiger partial charge in [0.15, 0.2) is 5.16 Å². The van der Waals surface area contributed by atoms with Gasteiger partial charge >= 0.3 is 0 Å². The topological polar surface area (TPSA) is 133 Å². The summed E-state index contributed by atoms with van der Waals surface area (Å²) in [5.41, 5.74) is 18.1. The zero-order chi connectivity index (χ0) is 14.7. The number of rotatable bonds is 3. The second kappa shape index (κ2) is 5.66. The molecule has 1 aromatic carbocycles. The molecule has 2 aromatic rings. The van der Waals surface area contributed by atoms with Gasteiger partial charge in [0.25, 0.3) is 5.91 Å². The fraction of sp³-hybridized carbons (Fsp3) is 0.0833. The Kier molecular flexibility index (Phi) is 3.94. The van der Waals surface area contributed by atoms with Crippen LogP contribution in [0.5, 0.6) is 0 Å². The normalized spacial score (nSPS) is 10.2. The molecule has 0 radical (unpaired) electrons. The molecule has 1 heterocycles. The summed E-state index contributed by atoms with van der Waals surface area (Å²) < 4.78 is 0. The lowest BCUT2D eigenvalue weighted by molar-refractivity contribution is 0.0963. The second-order valence-corrected chi connectivity index (χ2v) is 4.94. The van der Waals surface area contributed by atoms with Gasteiger partial charge in [0.1, 0.15) is 11.6 Å². The number of benzene rings is 1. The van der Waals surface area contributed by atoms with Crippen LogP contribution in [0, 0.1) is 0 Å². The van der Waals surface area contributed by atoms with Crippen LogP contribution in [0.1, 0.15) is 10.4 Å². The minimum Gasteiger partial charge on any atom is -0.398 e. The molecule has 0 saturated heterocycles. The van der Waals surface area contributed by atoms with Crippen molar-refractivity contribution in [1.29, 1.82) is 0 Å². The van der Waals surface area contributed by atoms with Crippen molar-refractivity contribution in [3.05, 3.63) is 29.8 Å². The molecule has 1 amide bonds. The van der Waals surface area contributed by atoms with Crippen LogP contribution in [0.4, 0.5) is 17.3 Å². The van der Waals surface area contributed by atoms with Gasteiger partial charge < -0.3 is 22.5 Å². The maximum absolute atomic E-state index is 11.6. The Balaban J connectivity index is 2.34. The lowest BCUT2D eigenvalue weighted by Gasteiger charge is -2.07. The second-order valence-electron chi connectivity index (χ2n) is 3.93. The summed E-state index contributed by atoms with van der Waals surface area (Å²) in [5.74, 6) is 0.363. The molecule has 7 N–H and O–H groups in total. The third kappa shape index (κ3) is 3.09. The Bertz CT molecular complexity index is 640. The molecule has 7 nitrogen and oxygen atoms in total. The van der Waals surface area contributed by atoms with Gasteiger partial charge in [-0.25, -0.2) is 9.97 Å². The molecule has 0 bridgehead atoms. The molecule has 0 atom stereocenters. The standard InChI is InChI=1S/C12H14N6OS/c1-16-11(19)6-2-3-7(13)8(4-6)20-12-17-9(14)5-10(15)18-12/h2-5H,13H2,1H3,(H,16,19)(H4,14,15,17,18). The van der Waals surface area contributed by atoms with E-state index in [4.69, 9.17) is 17.2 Å². The zero-order valence-corrected chi connectivity index (χ0v) is 11.6. The fourth-order valence-corrected chi connectivity index (χ4v) is 2.38. The van der Waals surface area contributed by atoms with Gasteiger partial charge in [-0.15, -0.1) is 0 Å². The molecule has 104 valence electrons. The summed E-state index contributed by atoms with van der Waals surface area (Å²) in [6.45, 7) is 0. The highest BCUT2D eigenvalue weighted by Crippen LogP contribution is 2.31. The first-order valence-corrected chi connectivity index (χ1v) is 6.50. The number of anilines is 3. The van der Waals surface area contributed by atoms with Crippen molar-refractivity contribution in [2.45, 2.75) is 10.1 Å². The molecule has 0 fully saturated rings. The number of nitrogen functional groups attached to an aromatic ring is 3. The highest BCUT2D eigenvalue weighted by atomic mass is 32.2. The van der Waals surface area contributed by atoms with Crippen LogP contribution in [0.3, 0.4) is 0 Å². The molecule has 2 rings (SSSR count). The first kappa shape index (κ1) is 13.9. The number of hydrogen-bond acceptors (Lipinski definition) is 7. The van der Waals surface area contributed by atoms with Crippen molar-refractivity contribution in [2.75, 3.05) is 24.2 Å². The highest BCUT2D eigenvalue weighted by molar-refractivity contribution is 7.99. The molecule has 20 heavy (non-hydrogen) atoms. The Morgan fingerprint density at radius 3 is 2.40 bits per heavy atom. The van der Waals surface area contributed by atoms with Gasteiger partial charge in [-0.3, -0.25) is 4.79 Å². The van der Waals surface area contributed by atoms with Crippen molar-refractivity contribution < 1.29 is 4.79 Å². The number of aromatic nitrogens is 2. The van der Waals surface area contributed by atoms with Crippen LogP contribution < -0.4 is 22.5 Å². The lowest BCUT2D eigenvalue weighted by Crippen LogP contribution is -2.17. The maximum atomic E-state index is 11.6. The molecule has 0 unspecified atom stereocenters. The van der Waals surface area contributed by atoms with Crippen molar-refractivity contribution in [1.82, 2.24) is 15.3 Å². The van der Waals surface area contributed by atoms with Crippen molar-refractivity contribution in [3.63, 3.8) is 0 Å². The average Bonchev–Trinajstić information content (AvgIpc) is 2.39. The van der Waals surface area contributed by atoms with Crippen molar-refractivity contribution in [3.8, 4) is 0 Å². The molecule has 1 aromatic heterocycles. The number of nitrogens with two attached hydrogens (primary N) is 3. The van der Waals surface area contributed by atoms with E-state index in [9.17, 15) is 4.79 Å².